The molecule has 0 bridgehead atoms. The Morgan fingerprint density at radius 1 is 0.640 bits per heavy atom. The first-order valence-corrected chi connectivity index (χ1v) is 6.41. The van der Waals surface area contributed by atoms with E-state index in [4.69, 9.17) is 4.55 Å². The van der Waals surface area contributed by atoms with Crippen LogP contribution in [-0.2, 0) is 10.1 Å². The molecule has 0 rings (SSSR count). The van der Waals surface area contributed by atoms with Gasteiger partial charge in [-0.1, -0.05) is 0 Å². The summed E-state index contributed by atoms with van der Waals surface area (Å²) in [5.41, 5.74) is 0. The van der Waals surface area contributed by atoms with Gasteiger partial charge in [0.25, 0.3) is 6.17 Å². The Labute approximate surface area is 127 Å². The zero-order valence-corrected chi connectivity index (χ0v) is 11.4. The van der Waals surface area contributed by atoms with Gasteiger partial charge < -0.3 is 0 Å². The molecule has 152 valence electrons. The van der Waals surface area contributed by atoms with Crippen molar-refractivity contribution in [3.8, 4) is 0 Å². The van der Waals surface area contributed by atoms with Crippen LogP contribution in [0.25, 0.3) is 0 Å². The van der Waals surface area contributed by atoms with Crippen molar-refractivity contribution in [3.63, 3.8) is 0 Å². The number of hydrogen-bond donors (Lipinski definition) is 1. The molecule has 1 unspecified atom stereocenters. The van der Waals surface area contributed by atoms with Gasteiger partial charge in [-0.25, -0.2) is 4.39 Å². The van der Waals surface area contributed by atoms with Gasteiger partial charge in [0.1, 0.15) is 0 Å². The second kappa shape index (κ2) is 5.71. The van der Waals surface area contributed by atoms with Gasteiger partial charge in [0.15, 0.2) is 0 Å². The number of hydrogen-bond acceptors (Lipinski definition) is 2. The second-order valence-corrected chi connectivity index (χ2v) is 5.74. The largest absolute Gasteiger partial charge is 0.460 e. The van der Waals surface area contributed by atoms with Crippen LogP contribution in [-0.4, -0.2) is 54.3 Å². The first-order chi connectivity index (χ1) is 10.4. The van der Waals surface area contributed by atoms with E-state index in [9.17, 15) is 69.9 Å². The molecule has 18 heteroatoms. The van der Waals surface area contributed by atoms with Crippen molar-refractivity contribution in [2.75, 3.05) is 0 Å². The summed E-state index contributed by atoms with van der Waals surface area (Å²) in [6, 6.07) is 0. The van der Waals surface area contributed by atoms with E-state index in [0.29, 0.717) is 0 Å². The van der Waals surface area contributed by atoms with Crippen LogP contribution >= 0.6 is 0 Å². The van der Waals surface area contributed by atoms with Gasteiger partial charge in [-0.3, -0.25) is 4.55 Å². The van der Waals surface area contributed by atoms with E-state index < -0.39 is 51.4 Å². The van der Waals surface area contributed by atoms with Crippen LogP contribution in [0, 0.1) is 0 Å². The molecule has 0 aliphatic carbocycles. The predicted octanol–water partition coefficient (Wildman–Crippen LogP) is 3.91. The lowest BCUT2D eigenvalue weighted by molar-refractivity contribution is -0.429. The highest BCUT2D eigenvalue weighted by molar-refractivity contribution is 7.86. The van der Waals surface area contributed by atoms with Crippen LogP contribution < -0.4 is 0 Å². The zero-order valence-electron chi connectivity index (χ0n) is 10.5. The van der Waals surface area contributed by atoms with Gasteiger partial charge in [-0.2, -0.15) is 65.5 Å². The Balaban J connectivity index is 6.41. The van der Waals surface area contributed by atoms with E-state index in [2.05, 4.69) is 0 Å². The van der Waals surface area contributed by atoms with Gasteiger partial charge in [0.2, 0.25) is 0 Å². The van der Waals surface area contributed by atoms with Gasteiger partial charge >= 0.3 is 45.2 Å². The van der Waals surface area contributed by atoms with E-state index in [-0.39, 0.29) is 0 Å². The van der Waals surface area contributed by atoms with Gasteiger partial charge in [-0.15, -0.1) is 0 Å². The zero-order chi connectivity index (χ0) is 21.1. The fraction of sp³-hybridized carbons (Fsp3) is 1.00. The van der Waals surface area contributed by atoms with Crippen LogP contribution in [0.5, 0.6) is 0 Å². The molecule has 0 aromatic heterocycles. The quantitative estimate of drug-likeness (QED) is 0.512. The molecule has 25 heavy (non-hydrogen) atoms. The van der Waals surface area contributed by atoms with Gasteiger partial charge in [0.05, 0.1) is 0 Å². The van der Waals surface area contributed by atoms with Crippen LogP contribution in [0.1, 0.15) is 0 Å². The van der Waals surface area contributed by atoms with Crippen molar-refractivity contribution in [3.05, 3.63) is 0 Å². The van der Waals surface area contributed by atoms with Crippen LogP contribution in [0.15, 0.2) is 0 Å². The van der Waals surface area contributed by atoms with Crippen molar-refractivity contribution in [1.29, 1.82) is 0 Å². The highest BCUT2D eigenvalue weighted by atomic mass is 32.2. The van der Waals surface area contributed by atoms with E-state index in [1.54, 1.807) is 0 Å². The molecule has 0 aliphatic rings. The summed E-state index contributed by atoms with van der Waals surface area (Å²) in [5, 5.41) is -6.97. The summed E-state index contributed by atoms with van der Waals surface area (Å²) < 4.78 is 202. The monoisotopic (exact) mass is 432 g/mol. The van der Waals surface area contributed by atoms with Crippen molar-refractivity contribution in [2.45, 2.75) is 41.3 Å². The minimum absolute atomic E-state index is 6.33. The lowest BCUT2D eigenvalue weighted by Gasteiger charge is -2.38. The Bertz CT molecular complexity index is 604. The van der Waals surface area contributed by atoms with Crippen molar-refractivity contribution in [1.82, 2.24) is 0 Å². The summed E-state index contributed by atoms with van der Waals surface area (Å²) in [5.74, 6) is -32.2. The molecule has 0 aromatic carbocycles. The smallest absolute Gasteiger partial charge is 0.281 e. The molecule has 0 aromatic rings. The summed E-state index contributed by atoms with van der Waals surface area (Å²) in [7, 11) is -7.33. The molecule has 0 saturated carbocycles. The maximum absolute atomic E-state index is 12.9. The number of alkyl halides is 14. The van der Waals surface area contributed by atoms with Crippen molar-refractivity contribution in [2.24, 2.45) is 0 Å². The maximum atomic E-state index is 12.9. The van der Waals surface area contributed by atoms with E-state index >= 15 is 0 Å². The molecule has 0 heterocycles. The first kappa shape index (κ1) is 23.9. The van der Waals surface area contributed by atoms with Crippen LogP contribution in [0.3, 0.4) is 0 Å². The molecule has 1 N–H and O–H groups in total. The molecule has 0 fully saturated rings. The molecular formula is C7H2F14O3S. The van der Waals surface area contributed by atoms with Gasteiger partial charge in [0, 0.05) is 0 Å². The average molecular weight is 432 g/mol. The van der Waals surface area contributed by atoms with E-state index in [1.807, 2.05) is 0 Å². The van der Waals surface area contributed by atoms with Crippen molar-refractivity contribution < 1.29 is 74.4 Å². The highest BCUT2D eigenvalue weighted by Gasteiger charge is 2.90. The Kier molecular flexibility index (Phi) is 5.47. The predicted molar refractivity (Wildman–Crippen MR) is 47.2 cm³/mol. The third-order valence-electron chi connectivity index (χ3n) is 2.52. The Morgan fingerprint density at radius 2 is 0.960 bits per heavy atom. The first-order valence-electron chi connectivity index (χ1n) is 4.97. The molecule has 0 spiro atoms. The number of rotatable bonds is 6. The summed E-state index contributed by atoms with van der Waals surface area (Å²) in [4.78, 5) is 0. The normalized spacial score (nSPS) is 17.6. The third-order valence-corrected chi connectivity index (χ3v) is 3.42. The topological polar surface area (TPSA) is 54.4 Å². The molecule has 0 amide bonds. The van der Waals surface area contributed by atoms with Gasteiger partial charge in [-0.05, 0) is 0 Å². The van der Waals surface area contributed by atoms with Crippen molar-refractivity contribution >= 4 is 10.1 Å². The SMILES string of the molecule is O=S(=O)(O)C(F)(F)C(F)C(F)(F)C(F)(F)C(F)(F)C(F)(F)C(F)(F)F. The lowest BCUT2D eigenvalue weighted by atomic mass is 9.95. The number of halogens is 14. The maximum Gasteiger partial charge on any atom is 0.460 e. The minimum atomic E-state index is -8.21. The second-order valence-electron chi connectivity index (χ2n) is 4.24. The average Bonchev–Trinajstić information content (AvgIpc) is 2.34. The van der Waals surface area contributed by atoms with Crippen LogP contribution in [0.4, 0.5) is 61.5 Å². The Morgan fingerprint density at radius 3 is 1.20 bits per heavy atom. The summed E-state index contributed by atoms with van der Waals surface area (Å²) in [6.07, 6.45) is -14.0. The van der Waals surface area contributed by atoms with E-state index in [0.717, 1.165) is 0 Å². The minimum Gasteiger partial charge on any atom is -0.281 e. The molecule has 0 aliphatic heterocycles. The Hall–Kier alpha value is -1.07. The standard InChI is InChI=1S/C7H2F14O3S/c8-1(3(11,12)25(22,23)24)2(9,10)4(13,14)5(15,16)6(17,18)7(19,20)21/h1H,(H,22,23,24). The molecule has 0 saturated heterocycles. The highest BCUT2D eigenvalue weighted by Crippen LogP contribution is 2.59. The summed E-state index contributed by atoms with van der Waals surface area (Å²) in [6.45, 7) is 0. The fourth-order valence-electron chi connectivity index (χ4n) is 1.09. The third kappa shape index (κ3) is 3.21. The molecule has 1 atom stereocenters. The van der Waals surface area contributed by atoms with Crippen LogP contribution in [0.2, 0.25) is 0 Å². The molecular weight excluding hydrogens is 430 g/mol. The summed E-state index contributed by atoms with van der Waals surface area (Å²) >= 11 is 0. The fourth-order valence-corrected chi connectivity index (χ4v) is 1.49. The lowest BCUT2D eigenvalue weighted by Crippen LogP contribution is -2.70. The molecule has 0 radical (unpaired) electrons. The van der Waals surface area contributed by atoms with E-state index in [1.165, 1.54) is 0 Å². The molecule has 3 nitrogen and oxygen atoms in total.